The normalized spacial score (nSPS) is 14.2. The zero-order valence-electron chi connectivity index (χ0n) is 19.2. The van der Waals surface area contributed by atoms with Gasteiger partial charge in [-0.05, 0) is 85.2 Å². The van der Waals surface area contributed by atoms with Gasteiger partial charge in [0.25, 0.3) is 10.0 Å². The minimum absolute atomic E-state index is 0.125. The summed E-state index contributed by atoms with van der Waals surface area (Å²) in [5, 5.41) is 3.54. The first-order valence-corrected chi connectivity index (χ1v) is 13.4. The Morgan fingerprint density at radius 2 is 1.65 bits per heavy atom. The molecule has 0 unspecified atom stereocenters. The van der Waals surface area contributed by atoms with E-state index in [2.05, 4.69) is 23.5 Å². The Bertz CT molecular complexity index is 1240. The van der Waals surface area contributed by atoms with Gasteiger partial charge in [-0.1, -0.05) is 54.9 Å². The van der Waals surface area contributed by atoms with E-state index >= 15 is 0 Å². The van der Waals surface area contributed by atoms with Crippen LogP contribution in [0.4, 0.5) is 5.69 Å². The maximum Gasteiger partial charge on any atom is 0.264 e. The van der Waals surface area contributed by atoms with Crippen LogP contribution in [0.15, 0.2) is 77.7 Å². The summed E-state index contributed by atoms with van der Waals surface area (Å²) in [4.78, 5) is 13.3. The molecule has 7 heteroatoms. The number of rotatable bonds is 8. The molecule has 178 valence electrons. The molecule has 0 fully saturated rings. The van der Waals surface area contributed by atoms with Gasteiger partial charge in [0.2, 0.25) is 5.91 Å². The number of halogens is 1. The van der Waals surface area contributed by atoms with Crippen molar-refractivity contribution in [1.82, 2.24) is 5.32 Å². The first kappa shape index (κ1) is 24.3. The van der Waals surface area contributed by atoms with Crippen LogP contribution in [0.3, 0.4) is 0 Å². The number of nitrogens with zero attached hydrogens (tertiary/aromatic N) is 1. The SMILES string of the molecule is CC[C@H](NC(=O)CN(c1ccc(Cl)cc1)S(=O)(=O)c1ccccc1)c1ccc2c(c1)CCCC2. The van der Waals surface area contributed by atoms with Gasteiger partial charge in [0, 0.05) is 5.02 Å². The Hall–Kier alpha value is -2.83. The largest absolute Gasteiger partial charge is 0.348 e. The molecule has 3 aromatic carbocycles. The third kappa shape index (κ3) is 5.45. The van der Waals surface area contributed by atoms with Crippen LogP contribution in [0.2, 0.25) is 5.02 Å². The molecule has 1 N–H and O–H groups in total. The smallest absolute Gasteiger partial charge is 0.264 e. The van der Waals surface area contributed by atoms with E-state index in [0.717, 1.165) is 22.7 Å². The van der Waals surface area contributed by atoms with Crippen molar-refractivity contribution in [3.05, 3.63) is 94.5 Å². The van der Waals surface area contributed by atoms with Crippen molar-refractivity contribution >= 4 is 33.2 Å². The Balaban J connectivity index is 1.58. The first-order valence-electron chi connectivity index (χ1n) is 11.6. The number of amides is 1. The summed E-state index contributed by atoms with van der Waals surface area (Å²) in [6, 6.07) is 20.8. The average Bonchev–Trinajstić information content (AvgIpc) is 2.86. The summed E-state index contributed by atoms with van der Waals surface area (Å²) >= 11 is 6.01. The number of anilines is 1. The van der Waals surface area contributed by atoms with E-state index in [9.17, 15) is 13.2 Å². The van der Waals surface area contributed by atoms with Crippen molar-refractivity contribution in [2.24, 2.45) is 0 Å². The van der Waals surface area contributed by atoms with Crippen molar-refractivity contribution in [2.45, 2.75) is 50.0 Å². The van der Waals surface area contributed by atoms with Crippen LogP contribution in [0, 0.1) is 0 Å². The molecule has 0 spiro atoms. The molecule has 1 amide bonds. The fourth-order valence-electron chi connectivity index (χ4n) is 4.40. The highest BCUT2D eigenvalue weighted by Crippen LogP contribution is 2.27. The lowest BCUT2D eigenvalue weighted by Gasteiger charge is -2.26. The third-order valence-electron chi connectivity index (χ3n) is 6.25. The summed E-state index contributed by atoms with van der Waals surface area (Å²) in [6.45, 7) is 1.68. The van der Waals surface area contributed by atoms with E-state index in [1.807, 2.05) is 6.92 Å². The molecule has 0 aliphatic heterocycles. The van der Waals surface area contributed by atoms with Crippen LogP contribution in [-0.2, 0) is 27.7 Å². The summed E-state index contributed by atoms with van der Waals surface area (Å²) in [7, 11) is -3.95. The van der Waals surface area contributed by atoms with Gasteiger partial charge >= 0.3 is 0 Å². The number of hydrogen-bond acceptors (Lipinski definition) is 3. The van der Waals surface area contributed by atoms with Crippen LogP contribution in [0.1, 0.15) is 48.9 Å². The van der Waals surface area contributed by atoms with E-state index in [1.165, 1.54) is 36.1 Å². The average molecular weight is 497 g/mol. The van der Waals surface area contributed by atoms with Crippen LogP contribution in [0.25, 0.3) is 0 Å². The zero-order chi connectivity index (χ0) is 24.1. The molecule has 34 heavy (non-hydrogen) atoms. The Kier molecular flexibility index (Phi) is 7.59. The van der Waals surface area contributed by atoms with Gasteiger partial charge < -0.3 is 5.32 Å². The van der Waals surface area contributed by atoms with Gasteiger partial charge in [-0.2, -0.15) is 0 Å². The second kappa shape index (κ2) is 10.6. The zero-order valence-corrected chi connectivity index (χ0v) is 20.8. The van der Waals surface area contributed by atoms with Gasteiger partial charge in [0.1, 0.15) is 6.54 Å². The predicted octanol–water partition coefficient (Wildman–Crippen LogP) is 5.68. The maximum atomic E-state index is 13.5. The molecule has 1 aliphatic rings. The van der Waals surface area contributed by atoms with Crippen LogP contribution >= 0.6 is 11.6 Å². The molecular weight excluding hydrogens is 468 g/mol. The Labute approximate surface area is 206 Å². The fraction of sp³-hybridized carbons (Fsp3) is 0.296. The number of fused-ring (bicyclic) bond motifs is 1. The van der Waals surface area contributed by atoms with Crippen molar-refractivity contribution in [3.8, 4) is 0 Å². The molecule has 1 atom stereocenters. The van der Waals surface area contributed by atoms with Gasteiger partial charge in [0.05, 0.1) is 16.6 Å². The van der Waals surface area contributed by atoms with Crippen LogP contribution in [-0.4, -0.2) is 20.9 Å². The number of carbonyl (C=O) groups is 1. The molecule has 3 aromatic rings. The molecule has 0 saturated heterocycles. The number of hydrogen-bond donors (Lipinski definition) is 1. The molecule has 4 rings (SSSR count). The van der Waals surface area contributed by atoms with Crippen LogP contribution in [0.5, 0.6) is 0 Å². The molecule has 1 aliphatic carbocycles. The molecule has 5 nitrogen and oxygen atoms in total. The number of sulfonamides is 1. The maximum absolute atomic E-state index is 13.5. The Morgan fingerprint density at radius 1 is 0.971 bits per heavy atom. The molecule has 0 saturated carbocycles. The molecular formula is C27H29ClN2O3S. The Morgan fingerprint density at radius 3 is 2.32 bits per heavy atom. The molecule has 0 bridgehead atoms. The lowest BCUT2D eigenvalue weighted by Crippen LogP contribution is -2.42. The van der Waals surface area contributed by atoms with Crippen molar-refractivity contribution in [3.63, 3.8) is 0 Å². The minimum Gasteiger partial charge on any atom is -0.348 e. The van der Waals surface area contributed by atoms with E-state index in [4.69, 9.17) is 11.6 Å². The summed E-state index contributed by atoms with van der Waals surface area (Å²) in [6.07, 6.45) is 5.28. The predicted molar refractivity (Wildman–Crippen MR) is 137 cm³/mol. The number of benzene rings is 3. The van der Waals surface area contributed by atoms with E-state index in [1.54, 1.807) is 42.5 Å². The van der Waals surface area contributed by atoms with E-state index < -0.39 is 10.0 Å². The van der Waals surface area contributed by atoms with Crippen molar-refractivity contribution in [2.75, 3.05) is 10.8 Å². The molecule has 0 radical (unpaired) electrons. The highest BCUT2D eigenvalue weighted by Gasteiger charge is 2.28. The summed E-state index contributed by atoms with van der Waals surface area (Å²) < 4.78 is 28.0. The lowest BCUT2D eigenvalue weighted by atomic mass is 9.89. The highest BCUT2D eigenvalue weighted by molar-refractivity contribution is 7.92. The van der Waals surface area contributed by atoms with Crippen LogP contribution < -0.4 is 9.62 Å². The monoisotopic (exact) mass is 496 g/mol. The topological polar surface area (TPSA) is 66.5 Å². The third-order valence-corrected chi connectivity index (χ3v) is 8.29. The van der Waals surface area contributed by atoms with E-state index in [-0.39, 0.29) is 23.4 Å². The van der Waals surface area contributed by atoms with Gasteiger partial charge in [-0.25, -0.2) is 8.42 Å². The fourth-order valence-corrected chi connectivity index (χ4v) is 5.97. The quantitative estimate of drug-likeness (QED) is 0.436. The number of carbonyl (C=O) groups excluding carboxylic acids is 1. The number of nitrogens with one attached hydrogen (secondary N) is 1. The van der Waals surface area contributed by atoms with E-state index in [0.29, 0.717) is 17.1 Å². The second-order valence-corrected chi connectivity index (χ2v) is 10.9. The van der Waals surface area contributed by atoms with Gasteiger partial charge in [-0.3, -0.25) is 9.10 Å². The second-order valence-electron chi connectivity index (χ2n) is 8.56. The molecule has 0 heterocycles. The molecule has 0 aromatic heterocycles. The number of aryl methyl sites for hydroxylation is 2. The standard InChI is InChI=1S/C27H29ClN2O3S/c1-2-26(22-13-12-20-8-6-7-9-21(20)18-22)29-27(31)19-30(24-16-14-23(28)15-17-24)34(32,33)25-10-4-3-5-11-25/h3-5,10-18,26H,2,6-9,19H2,1H3,(H,29,31)/t26-/m0/s1. The first-order chi connectivity index (χ1) is 16.4. The van der Waals surface area contributed by atoms with Crippen molar-refractivity contribution < 1.29 is 13.2 Å². The van der Waals surface area contributed by atoms with Gasteiger partial charge in [0.15, 0.2) is 0 Å². The lowest BCUT2D eigenvalue weighted by molar-refractivity contribution is -0.120. The van der Waals surface area contributed by atoms with Gasteiger partial charge in [-0.15, -0.1) is 0 Å². The summed E-state index contributed by atoms with van der Waals surface area (Å²) in [5.41, 5.74) is 4.18. The minimum atomic E-state index is -3.95. The van der Waals surface area contributed by atoms with Crippen molar-refractivity contribution in [1.29, 1.82) is 0 Å². The summed E-state index contributed by atoms with van der Waals surface area (Å²) in [5.74, 6) is -0.362. The highest BCUT2D eigenvalue weighted by atomic mass is 35.5.